The Bertz CT molecular complexity index is 749. The maximum Gasteiger partial charge on any atom is 0.490 e. The zero-order valence-corrected chi connectivity index (χ0v) is 13.4. The molecule has 1 saturated heterocycles. The largest absolute Gasteiger partial charge is 0.490 e. The topological polar surface area (TPSA) is 135 Å². The zero-order chi connectivity index (χ0) is 18.8. The Labute approximate surface area is 143 Å². The molecule has 1 aliphatic rings. The van der Waals surface area contributed by atoms with Crippen molar-refractivity contribution in [2.45, 2.75) is 24.8 Å². The number of alkyl halides is 3. The van der Waals surface area contributed by atoms with Crippen molar-refractivity contribution in [1.29, 1.82) is 0 Å². The molecule has 1 unspecified atom stereocenters. The minimum Gasteiger partial charge on any atom is -0.475 e. The number of likely N-dealkylation sites (tertiary alicyclic amines) is 1. The average molecular weight is 377 g/mol. The molecular formula is C13H14F3N5O3S. The van der Waals surface area contributed by atoms with E-state index in [-0.39, 0.29) is 5.91 Å². The van der Waals surface area contributed by atoms with Gasteiger partial charge in [-0.1, -0.05) is 0 Å². The van der Waals surface area contributed by atoms with E-state index < -0.39 is 24.4 Å². The van der Waals surface area contributed by atoms with Gasteiger partial charge in [0, 0.05) is 17.6 Å². The number of carboxylic acids is 1. The number of nitrogens with two attached hydrogens (primary N) is 2. The van der Waals surface area contributed by atoms with Crippen LogP contribution in [0.15, 0.2) is 18.6 Å². The molecule has 0 aromatic carbocycles. The number of aliphatic carboxylic acids is 1. The number of rotatable bonds is 2. The summed E-state index contributed by atoms with van der Waals surface area (Å²) in [5.41, 5.74) is 12.7. The van der Waals surface area contributed by atoms with Crippen LogP contribution in [0.5, 0.6) is 0 Å². The van der Waals surface area contributed by atoms with Crippen LogP contribution in [0.1, 0.15) is 17.5 Å². The van der Waals surface area contributed by atoms with Gasteiger partial charge in [0.15, 0.2) is 0 Å². The number of hydrogen-bond acceptors (Lipinski definition) is 7. The minimum atomic E-state index is -5.08. The van der Waals surface area contributed by atoms with Crippen LogP contribution < -0.4 is 11.5 Å². The van der Waals surface area contributed by atoms with Crippen molar-refractivity contribution < 1.29 is 27.9 Å². The Kier molecular flexibility index (Phi) is 5.55. The maximum absolute atomic E-state index is 11.8. The third-order valence-corrected chi connectivity index (χ3v) is 4.50. The van der Waals surface area contributed by atoms with Crippen LogP contribution in [0.3, 0.4) is 0 Å². The Morgan fingerprint density at radius 2 is 2.12 bits per heavy atom. The molecule has 1 aliphatic heterocycles. The number of halogens is 3. The summed E-state index contributed by atoms with van der Waals surface area (Å²) in [6.45, 7) is 0.612. The molecule has 0 bridgehead atoms. The minimum absolute atomic E-state index is 0.0777. The molecular weight excluding hydrogens is 363 g/mol. The molecule has 1 amide bonds. The molecule has 2 aromatic heterocycles. The normalized spacial score (nSPS) is 18.8. The Hall–Kier alpha value is -2.31. The van der Waals surface area contributed by atoms with Crippen LogP contribution in [0.4, 0.5) is 13.2 Å². The van der Waals surface area contributed by atoms with Gasteiger partial charge in [0.05, 0.1) is 16.3 Å². The van der Waals surface area contributed by atoms with Gasteiger partial charge in [-0.05, 0) is 12.5 Å². The fraction of sp³-hybridized carbons (Fsp3) is 0.385. The molecule has 2 atom stereocenters. The molecule has 0 spiro atoms. The lowest BCUT2D eigenvalue weighted by molar-refractivity contribution is -0.192. The fourth-order valence-electron chi connectivity index (χ4n) is 2.10. The van der Waals surface area contributed by atoms with Gasteiger partial charge in [-0.15, -0.1) is 11.3 Å². The lowest BCUT2D eigenvalue weighted by atomic mass is 10.3. The number of thiophene rings is 1. The summed E-state index contributed by atoms with van der Waals surface area (Å²) in [4.78, 5) is 31.4. The van der Waals surface area contributed by atoms with Crippen molar-refractivity contribution >= 4 is 33.4 Å². The van der Waals surface area contributed by atoms with Gasteiger partial charge in [-0.3, -0.25) is 4.79 Å². The molecule has 0 radical (unpaired) electrons. The lowest BCUT2D eigenvalue weighted by Crippen LogP contribution is -2.39. The number of hydrogen-bond donors (Lipinski definition) is 3. The summed E-state index contributed by atoms with van der Waals surface area (Å²) < 4.78 is 32.7. The second-order valence-corrected chi connectivity index (χ2v) is 6.21. The molecule has 0 aliphatic carbocycles. The number of carboxylic acid groups (broad SMARTS) is 1. The number of fused-ring (bicyclic) bond motifs is 1. The lowest BCUT2D eigenvalue weighted by Gasteiger charge is -2.22. The Morgan fingerprint density at radius 3 is 2.60 bits per heavy atom. The highest BCUT2D eigenvalue weighted by Gasteiger charge is 2.38. The van der Waals surface area contributed by atoms with Crippen molar-refractivity contribution in [2.75, 3.05) is 6.54 Å². The van der Waals surface area contributed by atoms with Crippen molar-refractivity contribution in [1.82, 2.24) is 14.9 Å². The highest BCUT2D eigenvalue weighted by atomic mass is 32.1. The van der Waals surface area contributed by atoms with E-state index in [0.29, 0.717) is 13.0 Å². The molecule has 8 nitrogen and oxygen atoms in total. The third-order valence-electron chi connectivity index (χ3n) is 3.37. The summed E-state index contributed by atoms with van der Waals surface area (Å²) >= 11 is 1.51. The van der Waals surface area contributed by atoms with Crippen LogP contribution in [0.25, 0.3) is 10.2 Å². The van der Waals surface area contributed by atoms with Crippen molar-refractivity contribution in [3.8, 4) is 0 Å². The number of amides is 1. The van der Waals surface area contributed by atoms with Gasteiger partial charge in [0.1, 0.15) is 12.5 Å². The predicted octanol–water partition coefficient (Wildman–Crippen LogP) is 0.842. The summed E-state index contributed by atoms with van der Waals surface area (Å²) in [6, 6.07) is 1.49. The average Bonchev–Trinajstić information content (AvgIpc) is 3.11. The van der Waals surface area contributed by atoms with Gasteiger partial charge in [-0.2, -0.15) is 13.2 Å². The summed E-state index contributed by atoms with van der Waals surface area (Å²) in [7, 11) is 0. The molecule has 2 aromatic rings. The van der Waals surface area contributed by atoms with Crippen LogP contribution in [-0.4, -0.2) is 50.6 Å². The van der Waals surface area contributed by atoms with E-state index >= 15 is 0 Å². The molecule has 12 heteroatoms. The number of carbonyl (C=O) groups is 2. The molecule has 136 valence electrons. The number of carbonyl (C=O) groups excluding carboxylic acids is 1. The van der Waals surface area contributed by atoms with Crippen molar-refractivity contribution in [3.05, 3.63) is 23.5 Å². The van der Waals surface area contributed by atoms with E-state index in [1.165, 1.54) is 17.7 Å². The van der Waals surface area contributed by atoms with Crippen molar-refractivity contribution in [2.24, 2.45) is 11.5 Å². The third kappa shape index (κ3) is 4.41. The molecule has 3 rings (SSSR count). The molecule has 0 saturated carbocycles. The van der Waals surface area contributed by atoms with Crippen LogP contribution >= 0.6 is 11.3 Å². The van der Waals surface area contributed by atoms with Crippen LogP contribution in [0, 0.1) is 0 Å². The van der Waals surface area contributed by atoms with E-state index in [1.807, 2.05) is 6.07 Å². The molecule has 25 heavy (non-hydrogen) atoms. The van der Waals surface area contributed by atoms with Gasteiger partial charge in [-0.25, -0.2) is 14.8 Å². The standard InChI is InChI=1S/C11H13N5OS.C2HF3O2/c12-6-1-2-16(11(6)17)10(13)8-3-7-9(18-8)4-14-5-15-7;3-2(4,5)1(6)7/h3-6,10H,1-2,12-13H2;(H,6,7)/t6-,10?;/m0./s1. The number of aromatic nitrogens is 2. The quantitative estimate of drug-likeness (QED) is 0.706. The smallest absolute Gasteiger partial charge is 0.475 e. The second-order valence-electron chi connectivity index (χ2n) is 5.10. The first-order chi connectivity index (χ1) is 11.6. The second kappa shape index (κ2) is 7.29. The molecule has 3 heterocycles. The fourth-order valence-corrected chi connectivity index (χ4v) is 3.11. The first-order valence-electron chi connectivity index (χ1n) is 6.92. The van der Waals surface area contributed by atoms with E-state index in [9.17, 15) is 18.0 Å². The van der Waals surface area contributed by atoms with Crippen molar-refractivity contribution in [3.63, 3.8) is 0 Å². The van der Waals surface area contributed by atoms with E-state index in [1.54, 1.807) is 11.1 Å². The van der Waals surface area contributed by atoms with Gasteiger partial charge < -0.3 is 21.5 Å². The van der Waals surface area contributed by atoms with E-state index in [4.69, 9.17) is 21.4 Å². The van der Waals surface area contributed by atoms with Gasteiger partial charge in [0.2, 0.25) is 5.91 Å². The van der Waals surface area contributed by atoms with Crippen LogP contribution in [0.2, 0.25) is 0 Å². The summed E-state index contributed by atoms with van der Waals surface area (Å²) in [5.74, 6) is -2.83. The van der Waals surface area contributed by atoms with Gasteiger partial charge >= 0.3 is 12.1 Å². The Balaban J connectivity index is 0.000000277. The summed E-state index contributed by atoms with van der Waals surface area (Å²) in [6.07, 6.45) is -1.61. The first-order valence-corrected chi connectivity index (χ1v) is 7.74. The van der Waals surface area contributed by atoms with E-state index in [0.717, 1.165) is 15.1 Å². The predicted molar refractivity (Wildman–Crippen MR) is 82.3 cm³/mol. The first kappa shape index (κ1) is 19.0. The highest BCUT2D eigenvalue weighted by Crippen LogP contribution is 2.30. The summed E-state index contributed by atoms with van der Waals surface area (Å²) in [5, 5.41) is 7.12. The zero-order valence-electron chi connectivity index (χ0n) is 12.6. The molecule has 1 fully saturated rings. The van der Waals surface area contributed by atoms with Gasteiger partial charge in [0.25, 0.3) is 0 Å². The SMILES string of the molecule is NC(c1cc2ncncc2s1)N1CC[C@H](N)C1=O.O=C(O)C(F)(F)F. The van der Waals surface area contributed by atoms with Crippen LogP contribution in [-0.2, 0) is 9.59 Å². The number of nitrogens with zero attached hydrogens (tertiary/aromatic N) is 3. The molecule has 5 N–H and O–H groups in total. The highest BCUT2D eigenvalue weighted by molar-refractivity contribution is 7.19. The monoisotopic (exact) mass is 377 g/mol. The maximum atomic E-state index is 11.8. The van der Waals surface area contributed by atoms with E-state index in [2.05, 4.69) is 9.97 Å². The Morgan fingerprint density at radius 1 is 1.48 bits per heavy atom.